The predicted molar refractivity (Wildman–Crippen MR) is 68.2 cm³/mol. The fourth-order valence-corrected chi connectivity index (χ4v) is 3.12. The summed E-state index contributed by atoms with van der Waals surface area (Å²) in [5.41, 5.74) is -0.163. The number of pyridine rings is 1. The molecule has 5 nitrogen and oxygen atoms in total. The minimum atomic E-state index is -0.575. The molecule has 1 aromatic heterocycles. The average Bonchev–Trinajstić information content (AvgIpc) is 2.77. The van der Waals surface area contributed by atoms with Crippen LogP contribution in [0.15, 0.2) is 23.1 Å². The van der Waals surface area contributed by atoms with Crippen molar-refractivity contribution in [3.63, 3.8) is 0 Å². The van der Waals surface area contributed by atoms with E-state index in [0.29, 0.717) is 0 Å². The molecule has 2 saturated heterocycles. The van der Waals surface area contributed by atoms with Crippen LogP contribution in [0, 0.1) is 0 Å². The molecule has 2 fully saturated rings. The van der Waals surface area contributed by atoms with E-state index < -0.39 is 5.97 Å². The Morgan fingerprint density at radius 2 is 2.05 bits per heavy atom. The van der Waals surface area contributed by atoms with E-state index in [1.807, 2.05) is 0 Å². The highest BCUT2D eigenvalue weighted by atomic mass is 16.5. The van der Waals surface area contributed by atoms with Gasteiger partial charge in [0.2, 0.25) is 0 Å². The van der Waals surface area contributed by atoms with Crippen LogP contribution in [0.25, 0.3) is 0 Å². The number of hydrogen-bond donors (Lipinski definition) is 0. The highest BCUT2D eigenvalue weighted by molar-refractivity contribution is 5.88. The number of hydrogen-bond acceptors (Lipinski definition) is 4. The summed E-state index contributed by atoms with van der Waals surface area (Å²) in [6.45, 7) is 0. The number of nitrogens with zero attached hydrogens (tertiary/aromatic N) is 1. The molecule has 19 heavy (non-hydrogen) atoms. The Kier molecular flexibility index (Phi) is 3.14. The molecule has 2 bridgehead atoms. The standard InChI is InChI=1S/C14H17NO4/c1-18-14(17)12-3-2-6-15(13(12)16)9-7-10-4-5-11(8-9)19-10/h2-3,6,9-11H,4-5,7-8H2,1H3. The van der Waals surface area contributed by atoms with Gasteiger partial charge in [-0.1, -0.05) is 0 Å². The largest absolute Gasteiger partial charge is 0.465 e. The van der Waals surface area contributed by atoms with Crippen LogP contribution in [-0.4, -0.2) is 29.9 Å². The number of fused-ring (bicyclic) bond motifs is 2. The minimum Gasteiger partial charge on any atom is -0.465 e. The van der Waals surface area contributed by atoms with E-state index in [4.69, 9.17) is 4.74 Å². The number of esters is 1. The molecule has 0 N–H and O–H groups in total. The van der Waals surface area contributed by atoms with Gasteiger partial charge < -0.3 is 14.0 Å². The highest BCUT2D eigenvalue weighted by Crippen LogP contribution is 2.37. The van der Waals surface area contributed by atoms with Crippen LogP contribution in [-0.2, 0) is 9.47 Å². The smallest absolute Gasteiger partial charge is 0.343 e. The first kappa shape index (κ1) is 12.4. The molecule has 3 rings (SSSR count). The number of carbonyl (C=O) groups excluding carboxylic acids is 1. The maximum atomic E-state index is 12.3. The van der Waals surface area contributed by atoms with E-state index in [2.05, 4.69) is 4.74 Å². The zero-order chi connectivity index (χ0) is 13.4. The maximum Gasteiger partial charge on any atom is 0.343 e. The van der Waals surface area contributed by atoms with Gasteiger partial charge in [0.1, 0.15) is 5.56 Å². The van der Waals surface area contributed by atoms with Crippen molar-refractivity contribution in [3.8, 4) is 0 Å². The topological polar surface area (TPSA) is 57.5 Å². The molecular weight excluding hydrogens is 246 g/mol. The summed E-state index contributed by atoms with van der Waals surface area (Å²) in [6.07, 6.45) is 6.13. The molecule has 2 aliphatic heterocycles. The molecule has 0 aliphatic carbocycles. The van der Waals surface area contributed by atoms with Gasteiger partial charge in [-0.05, 0) is 37.8 Å². The van der Waals surface area contributed by atoms with Gasteiger partial charge in [0, 0.05) is 12.2 Å². The van der Waals surface area contributed by atoms with Gasteiger partial charge in [-0.15, -0.1) is 0 Å². The lowest BCUT2D eigenvalue weighted by Gasteiger charge is -2.29. The number of ether oxygens (including phenoxy) is 2. The Balaban J connectivity index is 1.93. The van der Waals surface area contributed by atoms with Crippen molar-refractivity contribution in [1.82, 2.24) is 4.57 Å². The van der Waals surface area contributed by atoms with Crippen LogP contribution in [0.4, 0.5) is 0 Å². The maximum absolute atomic E-state index is 12.3. The lowest BCUT2D eigenvalue weighted by molar-refractivity contribution is -0.0165. The Bertz CT molecular complexity index is 539. The van der Waals surface area contributed by atoms with Gasteiger partial charge >= 0.3 is 5.97 Å². The fourth-order valence-electron chi connectivity index (χ4n) is 3.12. The van der Waals surface area contributed by atoms with Crippen LogP contribution in [0.3, 0.4) is 0 Å². The molecule has 2 aliphatic rings. The molecule has 5 heteroatoms. The first-order valence-corrected chi connectivity index (χ1v) is 6.64. The Morgan fingerprint density at radius 3 is 2.68 bits per heavy atom. The highest BCUT2D eigenvalue weighted by Gasteiger charge is 2.36. The monoisotopic (exact) mass is 263 g/mol. The number of methoxy groups -OCH3 is 1. The summed E-state index contributed by atoms with van der Waals surface area (Å²) in [6, 6.07) is 3.37. The van der Waals surface area contributed by atoms with Gasteiger partial charge in [-0.2, -0.15) is 0 Å². The summed E-state index contributed by atoms with van der Waals surface area (Å²) in [7, 11) is 1.29. The molecule has 0 spiro atoms. The SMILES string of the molecule is COC(=O)c1cccn(C2CC3CCC(C2)O3)c1=O. The van der Waals surface area contributed by atoms with E-state index in [9.17, 15) is 9.59 Å². The first-order chi connectivity index (χ1) is 9.19. The molecule has 1 aromatic rings. The molecule has 0 saturated carbocycles. The van der Waals surface area contributed by atoms with E-state index >= 15 is 0 Å². The van der Waals surface area contributed by atoms with Gasteiger partial charge in [0.25, 0.3) is 5.56 Å². The second-order valence-corrected chi connectivity index (χ2v) is 5.21. The molecule has 2 unspecified atom stereocenters. The van der Waals surface area contributed by atoms with Crippen LogP contribution in [0.2, 0.25) is 0 Å². The van der Waals surface area contributed by atoms with Gasteiger partial charge in [-0.3, -0.25) is 4.79 Å². The molecule has 2 atom stereocenters. The lowest BCUT2D eigenvalue weighted by Crippen LogP contribution is -2.35. The summed E-state index contributed by atoms with van der Waals surface area (Å²) in [4.78, 5) is 23.9. The molecule has 0 radical (unpaired) electrons. The number of rotatable bonds is 2. The summed E-state index contributed by atoms with van der Waals surface area (Å²) in [5.74, 6) is -0.575. The fraction of sp³-hybridized carbons (Fsp3) is 0.571. The van der Waals surface area contributed by atoms with Crippen LogP contribution >= 0.6 is 0 Å². The first-order valence-electron chi connectivity index (χ1n) is 6.64. The van der Waals surface area contributed by atoms with Crippen LogP contribution < -0.4 is 5.56 Å². The van der Waals surface area contributed by atoms with Gasteiger partial charge in [0.05, 0.1) is 19.3 Å². The third-order valence-electron chi connectivity index (χ3n) is 4.04. The van der Waals surface area contributed by atoms with Crippen LogP contribution in [0.5, 0.6) is 0 Å². The molecule has 0 aromatic carbocycles. The summed E-state index contributed by atoms with van der Waals surface area (Å²) >= 11 is 0. The second-order valence-electron chi connectivity index (χ2n) is 5.21. The van der Waals surface area contributed by atoms with Gasteiger partial charge in [-0.25, -0.2) is 4.79 Å². The summed E-state index contributed by atoms with van der Waals surface area (Å²) < 4.78 is 12.1. The second kappa shape index (κ2) is 4.81. The summed E-state index contributed by atoms with van der Waals surface area (Å²) in [5, 5.41) is 0. The van der Waals surface area contributed by atoms with E-state index in [0.717, 1.165) is 25.7 Å². The van der Waals surface area contributed by atoms with Crippen molar-refractivity contribution < 1.29 is 14.3 Å². The molecule has 0 amide bonds. The quantitative estimate of drug-likeness (QED) is 0.759. The Labute approximate surface area is 111 Å². The van der Waals surface area contributed by atoms with Crippen molar-refractivity contribution in [2.24, 2.45) is 0 Å². The molecule has 3 heterocycles. The zero-order valence-corrected chi connectivity index (χ0v) is 10.9. The number of aromatic nitrogens is 1. The van der Waals surface area contributed by atoms with Crippen molar-refractivity contribution in [2.45, 2.75) is 43.9 Å². The lowest BCUT2D eigenvalue weighted by atomic mass is 10.0. The normalized spacial score (nSPS) is 29.2. The van der Waals surface area contributed by atoms with Crippen molar-refractivity contribution in [1.29, 1.82) is 0 Å². The Morgan fingerprint density at radius 1 is 1.37 bits per heavy atom. The van der Waals surface area contributed by atoms with Gasteiger partial charge in [0.15, 0.2) is 0 Å². The van der Waals surface area contributed by atoms with Crippen molar-refractivity contribution in [2.75, 3.05) is 7.11 Å². The van der Waals surface area contributed by atoms with Crippen molar-refractivity contribution >= 4 is 5.97 Å². The number of carbonyl (C=O) groups is 1. The van der Waals surface area contributed by atoms with E-state index in [-0.39, 0.29) is 29.4 Å². The third-order valence-corrected chi connectivity index (χ3v) is 4.04. The minimum absolute atomic E-state index is 0.101. The van der Waals surface area contributed by atoms with Crippen LogP contribution in [0.1, 0.15) is 42.1 Å². The average molecular weight is 263 g/mol. The predicted octanol–water partition coefficient (Wildman–Crippen LogP) is 1.52. The molecule has 102 valence electrons. The molecular formula is C14H17NO4. The Hall–Kier alpha value is -1.62. The van der Waals surface area contributed by atoms with E-state index in [1.165, 1.54) is 13.2 Å². The van der Waals surface area contributed by atoms with Crippen molar-refractivity contribution in [3.05, 3.63) is 34.2 Å². The van der Waals surface area contributed by atoms with E-state index in [1.54, 1.807) is 16.8 Å². The third kappa shape index (κ3) is 2.18. The zero-order valence-electron chi connectivity index (χ0n) is 10.9.